The monoisotopic (exact) mass is 225 g/mol. The summed E-state index contributed by atoms with van der Waals surface area (Å²) in [6, 6.07) is 0.818. The summed E-state index contributed by atoms with van der Waals surface area (Å²) < 4.78 is 0. The summed E-state index contributed by atoms with van der Waals surface area (Å²) in [6.07, 6.45) is 14.3. The molecule has 0 aromatic heterocycles. The van der Waals surface area contributed by atoms with Crippen LogP contribution < -0.4 is 5.32 Å². The second kappa shape index (κ2) is 9.04. The Bertz CT molecular complexity index is 140. The van der Waals surface area contributed by atoms with E-state index in [2.05, 4.69) is 19.2 Å². The van der Waals surface area contributed by atoms with E-state index in [1.54, 1.807) is 0 Å². The van der Waals surface area contributed by atoms with E-state index in [1.165, 1.54) is 70.8 Å². The Hall–Kier alpha value is -0.0400. The molecule has 0 aliphatic heterocycles. The first kappa shape index (κ1) is 14.0. The van der Waals surface area contributed by atoms with Gasteiger partial charge in [0.05, 0.1) is 0 Å². The first-order valence-electron chi connectivity index (χ1n) is 7.61. The molecule has 1 fully saturated rings. The van der Waals surface area contributed by atoms with E-state index >= 15 is 0 Å². The van der Waals surface area contributed by atoms with Crippen LogP contribution in [0.2, 0.25) is 0 Å². The highest BCUT2D eigenvalue weighted by Gasteiger charge is 2.21. The van der Waals surface area contributed by atoms with Gasteiger partial charge in [0.15, 0.2) is 0 Å². The highest BCUT2D eigenvalue weighted by Crippen LogP contribution is 2.27. The van der Waals surface area contributed by atoms with Crippen molar-refractivity contribution in [1.29, 1.82) is 0 Å². The summed E-state index contributed by atoms with van der Waals surface area (Å²) in [5.41, 5.74) is 0. The van der Waals surface area contributed by atoms with Gasteiger partial charge in [-0.05, 0) is 38.1 Å². The lowest BCUT2D eigenvalue weighted by Crippen LogP contribution is -2.36. The van der Waals surface area contributed by atoms with Crippen molar-refractivity contribution in [1.82, 2.24) is 5.32 Å². The molecule has 1 aliphatic rings. The van der Waals surface area contributed by atoms with Crippen LogP contribution in [0.15, 0.2) is 0 Å². The van der Waals surface area contributed by atoms with Crippen LogP contribution in [0.4, 0.5) is 0 Å². The van der Waals surface area contributed by atoms with Crippen molar-refractivity contribution in [3.63, 3.8) is 0 Å². The van der Waals surface area contributed by atoms with Crippen LogP contribution in [0.25, 0.3) is 0 Å². The van der Waals surface area contributed by atoms with Gasteiger partial charge < -0.3 is 5.32 Å². The molecule has 0 radical (unpaired) electrons. The van der Waals surface area contributed by atoms with Gasteiger partial charge in [0.1, 0.15) is 0 Å². The first-order valence-corrected chi connectivity index (χ1v) is 7.61. The van der Waals surface area contributed by atoms with E-state index in [4.69, 9.17) is 0 Å². The molecule has 96 valence electrons. The van der Waals surface area contributed by atoms with Gasteiger partial charge >= 0.3 is 0 Å². The molecule has 0 bridgehead atoms. The molecular weight excluding hydrogens is 194 g/mol. The average molecular weight is 225 g/mol. The lowest BCUT2D eigenvalue weighted by molar-refractivity contribution is 0.299. The van der Waals surface area contributed by atoms with Gasteiger partial charge in [-0.2, -0.15) is 0 Å². The topological polar surface area (TPSA) is 12.0 Å². The van der Waals surface area contributed by atoms with Crippen molar-refractivity contribution >= 4 is 0 Å². The third-order valence-electron chi connectivity index (χ3n) is 3.99. The zero-order chi connectivity index (χ0) is 11.6. The van der Waals surface area contributed by atoms with E-state index in [1.807, 2.05) is 0 Å². The Morgan fingerprint density at radius 1 is 1.00 bits per heavy atom. The molecule has 1 heteroatoms. The lowest BCUT2D eigenvalue weighted by atomic mass is 9.88. The van der Waals surface area contributed by atoms with Gasteiger partial charge in [-0.25, -0.2) is 0 Å². The molecule has 1 aliphatic carbocycles. The summed E-state index contributed by atoms with van der Waals surface area (Å²) in [7, 11) is 0. The third kappa shape index (κ3) is 5.34. The van der Waals surface area contributed by atoms with Crippen molar-refractivity contribution in [2.45, 2.75) is 84.1 Å². The van der Waals surface area contributed by atoms with E-state index in [-0.39, 0.29) is 0 Å². The Morgan fingerprint density at radius 3 is 2.25 bits per heavy atom. The number of unbranched alkanes of at least 4 members (excludes halogenated alkanes) is 1. The average Bonchev–Trinajstić information content (AvgIpc) is 2.58. The number of nitrogens with one attached hydrogen (secondary N) is 1. The van der Waals surface area contributed by atoms with E-state index in [9.17, 15) is 0 Å². The number of hydrogen-bond acceptors (Lipinski definition) is 1. The molecule has 0 saturated heterocycles. The standard InChI is InChI=1S/C15H31N/c1-3-5-12-15(16-13-4-2)14-10-8-6-7-9-11-14/h14-16H,3-13H2,1-2H3. The normalized spacial score (nSPS) is 20.6. The van der Waals surface area contributed by atoms with Gasteiger partial charge in [0, 0.05) is 6.04 Å². The summed E-state index contributed by atoms with van der Waals surface area (Å²) in [5, 5.41) is 3.80. The van der Waals surface area contributed by atoms with E-state index in [0.29, 0.717) is 0 Å². The summed E-state index contributed by atoms with van der Waals surface area (Å²) >= 11 is 0. The third-order valence-corrected chi connectivity index (χ3v) is 3.99. The Kier molecular flexibility index (Phi) is 7.92. The van der Waals surface area contributed by atoms with E-state index in [0.717, 1.165) is 12.0 Å². The van der Waals surface area contributed by atoms with Gasteiger partial charge in [0.2, 0.25) is 0 Å². The Morgan fingerprint density at radius 2 is 1.69 bits per heavy atom. The van der Waals surface area contributed by atoms with Gasteiger partial charge in [-0.15, -0.1) is 0 Å². The van der Waals surface area contributed by atoms with Crippen LogP contribution in [0.1, 0.15) is 78.1 Å². The molecular formula is C15H31N. The van der Waals surface area contributed by atoms with Gasteiger partial charge in [-0.3, -0.25) is 0 Å². The SMILES string of the molecule is CCCCC(NCCC)C1CCCCCC1. The molecule has 1 atom stereocenters. The molecule has 0 amide bonds. The second-order valence-electron chi connectivity index (χ2n) is 5.45. The zero-order valence-electron chi connectivity index (χ0n) is 11.4. The highest BCUT2D eigenvalue weighted by molar-refractivity contribution is 4.78. The molecule has 1 saturated carbocycles. The fourth-order valence-electron chi connectivity index (χ4n) is 2.97. The molecule has 1 N–H and O–H groups in total. The van der Waals surface area contributed by atoms with Crippen LogP contribution in [0.5, 0.6) is 0 Å². The first-order chi connectivity index (χ1) is 7.88. The highest BCUT2D eigenvalue weighted by atomic mass is 14.9. The van der Waals surface area contributed by atoms with Crippen LogP contribution in [-0.2, 0) is 0 Å². The maximum atomic E-state index is 3.80. The molecule has 1 unspecified atom stereocenters. The Balaban J connectivity index is 2.37. The van der Waals surface area contributed by atoms with Gasteiger partial charge in [0.25, 0.3) is 0 Å². The summed E-state index contributed by atoms with van der Waals surface area (Å²) in [6.45, 7) is 5.80. The molecule has 0 spiro atoms. The quantitative estimate of drug-likeness (QED) is 0.628. The minimum atomic E-state index is 0.818. The van der Waals surface area contributed by atoms with Crippen molar-refractivity contribution in [3.8, 4) is 0 Å². The summed E-state index contributed by atoms with van der Waals surface area (Å²) in [5.74, 6) is 0.973. The van der Waals surface area contributed by atoms with Crippen LogP contribution >= 0.6 is 0 Å². The maximum Gasteiger partial charge on any atom is 0.00953 e. The molecule has 0 aromatic carbocycles. The molecule has 0 heterocycles. The maximum absolute atomic E-state index is 3.80. The second-order valence-corrected chi connectivity index (χ2v) is 5.45. The number of hydrogen-bond donors (Lipinski definition) is 1. The molecule has 1 rings (SSSR count). The molecule has 16 heavy (non-hydrogen) atoms. The fourth-order valence-corrected chi connectivity index (χ4v) is 2.97. The predicted octanol–water partition coefficient (Wildman–Crippen LogP) is 4.52. The van der Waals surface area contributed by atoms with Crippen molar-refractivity contribution in [2.75, 3.05) is 6.54 Å². The van der Waals surface area contributed by atoms with Gasteiger partial charge in [-0.1, -0.05) is 52.4 Å². The summed E-state index contributed by atoms with van der Waals surface area (Å²) in [4.78, 5) is 0. The predicted molar refractivity (Wildman–Crippen MR) is 72.8 cm³/mol. The lowest BCUT2D eigenvalue weighted by Gasteiger charge is -2.27. The van der Waals surface area contributed by atoms with Crippen LogP contribution in [0, 0.1) is 5.92 Å². The van der Waals surface area contributed by atoms with E-state index < -0.39 is 0 Å². The van der Waals surface area contributed by atoms with Crippen LogP contribution in [-0.4, -0.2) is 12.6 Å². The fraction of sp³-hybridized carbons (Fsp3) is 1.00. The molecule has 1 nitrogen and oxygen atoms in total. The Labute approximate surface area is 102 Å². The largest absolute Gasteiger partial charge is 0.314 e. The van der Waals surface area contributed by atoms with Crippen molar-refractivity contribution in [3.05, 3.63) is 0 Å². The number of rotatable bonds is 7. The minimum absolute atomic E-state index is 0.818. The minimum Gasteiger partial charge on any atom is -0.314 e. The van der Waals surface area contributed by atoms with Crippen molar-refractivity contribution in [2.24, 2.45) is 5.92 Å². The van der Waals surface area contributed by atoms with Crippen LogP contribution in [0.3, 0.4) is 0 Å². The smallest absolute Gasteiger partial charge is 0.00953 e. The van der Waals surface area contributed by atoms with Crippen molar-refractivity contribution < 1.29 is 0 Å². The molecule has 0 aromatic rings. The zero-order valence-corrected chi connectivity index (χ0v) is 11.4.